The van der Waals surface area contributed by atoms with Gasteiger partial charge in [0.05, 0.1) is 32.6 Å². The molecule has 1 N–H and O–H groups in total. The Morgan fingerprint density at radius 3 is 2.21 bits per heavy atom. The number of carbonyl (C=O) groups is 3. The zero-order valence-electron chi connectivity index (χ0n) is 31.6. The molecule has 2 fully saturated rings. The van der Waals surface area contributed by atoms with Crippen LogP contribution in [0.15, 0.2) is 59.5 Å². The van der Waals surface area contributed by atoms with Gasteiger partial charge in [0.15, 0.2) is 5.54 Å². The second-order valence-electron chi connectivity index (χ2n) is 13.6. The Bertz CT molecular complexity index is 2080. The molecule has 0 radical (unpaired) electrons. The number of aliphatic carboxylic acids is 1. The number of sulfonamides is 1. The summed E-state index contributed by atoms with van der Waals surface area (Å²) in [4.78, 5) is 43.8. The first kappa shape index (κ1) is 42.6. The highest BCUT2D eigenvalue weighted by atomic mass is 35.5. The van der Waals surface area contributed by atoms with Crippen molar-refractivity contribution in [1.29, 1.82) is 0 Å². The molecule has 3 aromatic carbocycles. The van der Waals surface area contributed by atoms with Gasteiger partial charge in [-0.15, -0.1) is 0 Å². The number of alkyl halides is 3. The second kappa shape index (κ2) is 16.9. The highest BCUT2D eigenvalue weighted by Crippen LogP contribution is 2.55. The van der Waals surface area contributed by atoms with E-state index in [1.165, 1.54) is 37.3 Å². The van der Waals surface area contributed by atoms with Crippen LogP contribution in [0.25, 0.3) is 0 Å². The Morgan fingerprint density at radius 2 is 1.62 bits per heavy atom. The van der Waals surface area contributed by atoms with E-state index in [2.05, 4.69) is 4.90 Å². The number of hydrogen-bond donors (Lipinski definition) is 1. The van der Waals surface area contributed by atoms with Crippen molar-refractivity contribution in [3.63, 3.8) is 0 Å². The van der Waals surface area contributed by atoms with Crippen molar-refractivity contribution in [3.8, 4) is 17.2 Å². The van der Waals surface area contributed by atoms with E-state index in [-0.39, 0.29) is 22.2 Å². The molecule has 0 bridgehead atoms. The number of carbonyl (C=O) groups excluding carboxylic acids is 2. The van der Waals surface area contributed by atoms with Crippen LogP contribution in [0.4, 0.5) is 18.9 Å². The number of likely N-dealkylation sites (tertiary alicyclic amines) is 2. The molecule has 0 spiro atoms. The zero-order chi connectivity index (χ0) is 41.2. The SMILES string of the molecule is CCOc1cc(CN2CCCC2)ccc1C1(N2CCC[C@H]2C(=O)N(C)C)C(=O)N(S(=O)(=O)c2ccc(OC)cc2OC)c2ccc(Cl)cc21.O=C(O)C(F)(F)F. The number of nitrogens with zero attached hydrogens (tertiary/aromatic N) is 4. The topological polar surface area (TPSA) is 146 Å². The van der Waals surface area contributed by atoms with Crippen molar-refractivity contribution in [1.82, 2.24) is 14.7 Å². The number of likely N-dealkylation sites (N-methyl/N-ethyl adjacent to an activating group) is 1. The molecule has 3 aliphatic rings. The lowest BCUT2D eigenvalue weighted by Gasteiger charge is -2.42. The molecular formula is C38H44ClF3N4O9S. The monoisotopic (exact) mass is 824 g/mol. The fourth-order valence-corrected chi connectivity index (χ4v) is 9.30. The lowest BCUT2D eigenvalue weighted by Crippen LogP contribution is -2.59. The van der Waals surface area contributed by atoms with Gasteiger partial charge in [0.2, 0.25) is 5.91 Å². The minimum Gasteiger partial charge on any atom is -0.497 e. The lowest BCUT2D eigenvalue weighted by atomic mass is 9.80. The van der Waals surface area contributed by atoms with Gasteiger partial charge in [0.1, 0.15) is 22.1 Å². The van der Waals surface area contributed by atoms with Crippen LogP contribution in [0.5, 0.6) is 17.2 Å². The number of hydrogen-bond acceptors (Lipinski definition) is 10. The van der Waals surface area contributed by atoms with Crippen LogP contribution in [0.2, 0.25) is 5.02 Å². The maximum Gasteiger partial charge on any atom is 0.490 e. The van der Waals surface area contributed by atoms with Gasteiger partial charge >= 0.3 is 12.1 Å². The summed E-state index contributed by atoms with van der Waals surface area (Å²) in [6.07, 6.45) is -1.69. The van der Waals surface area contributed by atoms with Crippen molar-refractivity contribution in [3.05, 3.63) is 76.3 Å². The fourth-order valence-electron chi connectivity index (χ4n) is 7.53. The van der Waals surface area contributed by atoms with Gasteiger partial charge in [-0.2, -0.15) is 13.2 Å². The van der Waals surface area contributed by atoms with E-state index in [9.17, 15) is 26.4 Å². The molecular weight excluding hydrogens is 781 g/mol. The Balaban J connectivity index is 0.000000784. The largest absolute Gasteiger partial charge is 0.497 e. The van der Waals surface area contributed by atoms with Crippen LogP contribution in [0.3, 0.4) is 0 Å². The van der Waals surface area contributed by atoms with Crippen molar-refractivity contribution < 1.29 is 55.3 Å². The first-order valence-corrected chi connectivity index (χ1v) is 19.6. The van der Waals surface area contributed by atoms with Crippen LogP contribution in [0, 0.1) is 0 Å². The van der Waals surface area contributed by atoms with Crippen LogP contribution < -0.4 is 18.5 Å². The number of carboxylic acid groups (broad SMARTS) is 1. The molecule has 3 heterocycles. The van der Waals surface area contributed by atoms with Crippen LogP contribution >= 0.6 is 11.6 Å². The van der Waals surface area contributed by atoms with Crippen molar-refractivity contribution in [2.75, 3.05) is 58.9 Å². The van der Waals surface area contributed by atoms with E-state index in [1.54, 1.807) is 32.3 Å². The Labute approximate surface area is 328 Å². The standard InChI is InChI=1S/C36H43ClN4O7S.C2HF3O2/c1-6-48-31-20-24(23-39-17-7-8-18-39)11-14-27(31)36(40-19-9-10-30(40)34(42)38(2)3)28-21-25(37)12-15-29(28)41(35(36)43)49(44,45)33-16-13-26(46-4)22-32(33)47-5;3-2(4,5)1(6)7/h11-16,20-22,30H,6-10,17-19,23H2,1-5H3;(H,6,7)/t30-,36?;/m0./s1. The molecule has 3 aliphatic heterocycles. The molecule has 2 amide bonds. The highest BCUT2D eigenvalue weighted by Gasteiger charge is 2.63. The Morgan fingerprint density at radius 1 is 0.946 bits per heavy atom. The van der Waals surface area contributed by atoms with Gasteiger partial charge < -0.3 is 24.2 Å². The summed E-state index contributed by atoms with van der Waals surface area (Å²) in [7, 11) is 1.58. The average molecular weight is 825 g/mol. The zero-order valence-corrected chi connectivity index (χ0v) is 33.1. The van der Waals surface area contributed by atoms with Gasteiger partial charge in [-0.3, -0.25) is 19.4 Å². The highest BCUT2D eigenvalue weighted by molar-refractivity contribution is 7.93. The Hall–Kier alpha value is -4.58. The molecule has 304 valence electrons. The van der Waals surface area contributed by atoms with Crippen LogP contribution in [0.1, 0.15) is 49.3 Å². The van der Waals surface area contributed by atoms with E-state index in [0.717, 1.165) is 35.8 Å². The molecule has 0 aromatic heterocycles. The minimum atomic E-state index is -5.08. The molecule has 18 heteroatoms. The van der Waals surface area contributed by atoms with Gasteiger partial charge in [-0.1, -0.05) is 23.7 Å². The molecule has 1 unspecified atom stereocenters. The number of anilines is 1. The Kier molecular flexibility index (Phi) is 12.8. The summed E-state index contributed by atoms with van der Waals surface area (Å²) in [5.41, 5.74) is 0.171. The molecule has 13 nitrogen and oxygen atoms in total. The lowest BCUT2D eigenvalue weighted by molar-refractivity contribution is -0.192. The van der Waals surface area contributed by atoms with Crippen molar-refractivity contribution in [2.24, 2.45) is 0 Å². The van der Waals surface area contributed by atoms with E-state index in [4.69, 9.17) is 35.7 Å². The average Bonchev–Trinajstić information content (AvgIpc) is 3.90. The van der Waals surface area contributed by atoms with Gasteiger partial charge in [-0.05, 0) is 87.7 Å². The van der Waals surface area contributed by atoms with E-state index >= 15 is 4.79 Å². The van der Waals surface area contributed by atoms with E-state index < -0.39 is 39.7 Å². The maximum absolute atomic E-state index is 15.6. The van der Waals surface area contributed by atoms with Crippen molar-refractivity contribution in [2.45, 2.75) is 61.8 Å². The summed E-state index contributed by atoms with van der Waals surface area (Å²) in [5, 5.41) is 7.44. The second-order valence-corrected chi connectivity index (χ2v) is 15.8. The third kappa shape index (κ3) is 7.99. The molecule has 0 aliphatic carbocycles. The first-order valence-electron chi connectivity index (χ1n) is 17.8. The molecule has 2 atom stereocenters. The maximum atomic E-state index is 15.6. The third-order valence-electron chi connectivity index (χ3n) is 9.94. The normalized spacial score (nSPS) is 20.0. The summed E-state index contributed by atoms with van der Waals surface area (Å²) in [5.74, 6) is -2.84. The number of fused-ring (bicyclic) bond motifs is 1. The number of ether oxygens (including phenoxy) is 3. The number of halogens is 4. The fraction of sp³-hybridized carbons (Fsp3) is 0.447. The first-order chi connectivity index (χ1) is 26.4. The number of carboxylic acids is 1. The number of methoxy groups -OCH3 is 2. The molecule has 0 saturated carbocycles. The van der Waals surface area contributed by atoms with Crippen molar-refractivity contribution >= 4 is 45.1 Å². The smallest absolute Gasteiger partial charge is 0.490 e. The summed E-state index contributed by atoms with van der Waals surface area (Å²) >= 11 is 6.68. The molecule has 2 saturated heterocycles. The van der Waals surface area contributed by atoms with Crippen LogP contribution in [-0.4, -0.2) is 113 Å². The molecule has 56 heavy (non-hydrogen) atoms. The summed E-state index contributed by atoms with van der Waals surface area (Å²) in [6, 6.07) is 14.1. The van der Waals surface area contributed by atoms with Gasteiger partial charge in [0, 0.05) is 49.4 Å². The predicted molar refractivity (Wildman–Crippen MR) is 201 cm³/mol. The van der Waals surface area contributed by atoms with E-state index in [0.29, 0.717) is 60.2 Å². The number of amides is 2. The predicted octanol–water partition coefficient (Wildman–Crippen LogP) is 5.52. The molecule has 6 rings (SSSR count). The summed E-state index contributed by atoms with van der Waals surface area (Å²) < 4.78 is 79.3. The number of rotatable bonds is 11. The quantitative estimate of drug-likeness (QED) is 0.261. The van der Waals surface area contributed by atoms with Gasteiger partial charge in [0.25, 0.3) is 15.9 Å². The summed E-state index contributed by atoms with van der Waals surface area (Å²) in [6.45, 7) is 5.24. The van der Waals surface area contributed by atoms with E-state index in [1.807, 2.05) is 30.0 Å². The number of benzene rings is 3. The van der Waals surface area contributed by atoms with Gasteiger partial charge in [-0.25, -0.2) is 17.5 Å². The van der Waals surface area contributed by atoms with Crippen LogP contribution in [-0.2, 0) is 36.5 Å². The minimum absolute atomic E-state index is 0.0169. The molecule has 3 aromatic rings. The third-order valence-corrected chi connectivity index (χ3v) is 11.9.